The summed E-state index contributed by atoms with van der Waals surface area (Å²) in [6.07, 6.45) is 1.43. The normalized spacial score (nSPS) is 21.7. The molecule has 0 aromatic carbocycles. The monoisotopic (exact) mass is 211 g/mol. The third-order valence-corrected chi connectivity index (χ3v) is 2.38. The lowest BCUT2D eigenvalue weighted by molar-refractivity contribution is -0.139. The Bertz CT molecular complexity index is 326. The first kappa shape index (κ1) is 10.0. The van der Waals surface area contributed by atoms with Crippen molar-refractivity contribution in [2.45, 2.75) is 19.5 Å². The highest BCUT2D eigenvalue weighted by Crippen LogP contribution is 2.06. The van der Waals surface area contributed by atoms with Gasteiger partial charge in [0.1, 0.15) is 12.9 Å². The minimum atomic E-state index is 0.0260. The molecule has 1 fully saturated rings. The van der Waals surface area contributed by atoms with Crippen molar-refractivity contribution in [3.63, 3.8) is 0 Å². The van der Waals surface area contributed by atoms with Gasteiger partial charge in [-0.05, 0) is 17.4 Å². The Kier molecular flexibility index (Phi) is 2.91. The molecule has 1 aliphatic heterocycles. The minimum Gasteiger partial charge on any atom is -0.377 e. The van der Waals surface area contributed by atoms with E-state index in [1.807, 2.05) is 6.92 Å². The maximum Gasteiger partial charge on any atom is 0.244 e. The van der Waals surface area contributed by atoms with Crippen molar-refractivity contribution >= 4 is 5.91 Å². The van der Waals surface area contributed by atoms with Crippen LogP contribution < -0.4 is 0 Å². The van der Waals surface area contributed by atoms with E-state index in [2.05, 4.69) is 15.5 Å². The van der Waals surface area contributed by atoms with Crippen molar-refractivity contribution in [2.75, 3.05) is 19.8 Å². The fourth-order valence-corrected chi connectivity index (χ4v) is 1.58. The molecule has 2 rings (SSSR count). The van der Waals surface area contributed by atoms with E-state index in [1.165, 1.54) is 11.0 Å². The van der Waals surface area contributed by atoms with Gasteiger partial charge in [0.2, 0.25) is 5.91 Å². The Balaban J connectivity index is 1.95. The number of carbonyl (C=O) groups is 1. The van der Waals surface area contributed by atoms with E-state index in [1.54, 1.807) is 4.90 Å². The molecular formula is C8H13N5O2. The van der Waals surface area contributed by atoms with Gasteiger partial charge in [0, 0.05) is 6.54 Å². The van der Waals surface area contributed by atoms with Gasteiger partial charge in [0.05, 0.1) is 19.3 Å². The summed E-state index contributed by atoms with van der Waals surface area (Å²) in [5.41, 5.74) is 0. The number of amides is 1. The first-order valence-electron chi connectivity index (χ1n) is 4.85. The van der Waals surface area contributed by atoms with Crippen LogP contribution in [-0.4, -0.2) is 56.8 Å². The smallest absolute Gasteiger partial charge is 0.244 e. The number of carbonyl (C=O) groups excluding carboxylic acids is 1. The predicted octanol–water partition coefficient (Wildman–Crippen LogP) is -1.08. The summed E-state index contributed by atoms with van der Waals surface area (Å²) < 4.78 is 6.68. The summed E-state index contributed by atoms with van der Waals surface area (Å²) in [5, 5.41) is 10.6. The van der Waals surface area contributed by atoms with Crippen LogP contribution in [0.5, 0.6) is 0 Å². The molecule has 1 aliphatic rings. The predicted molar refractivity (Wildman–Crippen MR) is 49.8 cm³/mol. The van der Waals surface area contributed by atoms with Crippen molar-refractivity contribution in [3.05, 3.63) is 6.33 Å². The average molecular weight is 211 g/mol. The van der Waals surface area contributed by atoms with Gasteiger partial charge in [0.25, 0.3) is 0 Å². The largest absolute Gasteiger partial charge is 0.377 e. The van der Waals surface area contributed by atoms with Crippen molar-refractivity contribution in [1.82, 2.24) is 25.1 Å². The number of nitrogens with zero attached hydrogens (tertiary/aromatic N) is 5. The van der Waals surface area contributed by atoms with Crippen LogP contribution in [0.1, 0.15) is 6.92 Å². The van der Waals surface area contributed by atoms with Gasteiger partial charge in [0.15, 0.2) is 0 Å². The number of tetrazole rings is 1. The molecule has 0 aliphatic carbocycles. The van der Waals surface area contributed by atoms with Crippen molar-refractivity contribution < 1.29 is 9.53 Å². The Hall–Kier alpha value is -1.50. The van der Waals surface area contributed by atoms with Gasteiger partial charge < -0.3 is 9.64 Å². The first-order chi connectivity index (χ1) is 7.27. The number of hydrogen-bond donors (Lipinski definition) is 0. The van der Waals surface area contributed by atoms with Crippen LogP contribution in [0.4, 0.5) is 0 Å². The maximum absolute atomic E-state index is 11.8. The first-order valence-corrected chi connectivity index (χ1v) is 4.85. The molecule has 1 aromatic heterocycles. The summed E-state index contributed by atoms with van der Waals surface area (Å²) in [6, 6.07) is 0.128. The number of rotatable bonds is 2. The minimum absolute atomic E-state index is 0.0260. The molecule has 0 N–H and O–H groups in total. The molecule has 1 aromatic rings. The average Bonchev–Trinajstić information content (AvgIpc) is 2.71. The Morgan fingerprint density at radius 3 is 3.20 bits per heavy atom. The summed E-state index contributed by atoms with van der Waals surface area (Å²) >= 11 is 0. The van der Waals surface area contributed by atoms with Crippen LogP contribution in [0.2, 0.25) is 0 Å². The van der Waals surface area contributed by atoms with E-state index >= 15 is 0 Å². The Morgan fingerprint density at radius 2 is 2.53 bits per heavy atom. The van der Waals surface area contributed by atoms with E-state index in [4.69, 9.17) is 4.74 Å². The molecule has 7 heteroatoms. The molecule has 0 saturated carbocycles. The number of aromatic nitrogens is 4. The number of hydrogen-bond acceptors (Lipinski definition) is 5. The molecule has 2 heterocycles. The van der Waals surface area contributed by atoms with Gasteiger partial charge in [-0.25, -0.2) is 4.68 Å². The van der Waals surface area contributed by atoms with E-state index < -0.39 is 0 Å². The topological polar surface area (TPSA) is 73.1 Å². The van der Waals surface area contributed by atoms with Crippen LogP contribution in [0.25, 0.3) is 0 Å². The molecule has 7 nitrogen and oxygen atoms in total. The summed E-state index contributed by atoms with van der Waals surface area (Å²) in [5.74, 6) is 0.0260. The zero-order valence-electron chi connectivity index (χ0n) is 8.54. The van der Waals surface area contributed by atoms with E-state index in [-0.39, 0.29) is 18.5 Å². The molecule has 1 amide bonds. The van der Waals surface area contributed by atoms with Gasteiger partial charge in [-0.15, -0.1) is 5.10 Å². The molecule has 82 valence electrons. The summed E-state index contributed by atoms with van der Waals surface area (Å²) in [4.78, 5) is 13.6. The van der Waals surface area contributed by atoms with E-state index in [9.17, 15) is 4.79 Å². The van der Waals surface area contributed by atoms with Crippen LogP contribution in [-0.2, 0) is 16.1 Å². The molecule has 0 bridgehead atoms. The SMILES string of the molecule is C[C@H]1COCCN1C(=O)Cn1cnnn1. The van der Waals surface area contributed by atoms with Crippen LogP contribution in [0, 0.1) is 0 Å². The zero-order valence-corrected chi connectivity index (χ0v) is 8.54. The standard InChI is InChI=1S/C8H13N5O2/c1-7-5-15-3-2-13(7)8(14)4-12-6-9-10-11-12/h6-7H,2-5H2,1H3/t7-/m0/s1. The molecular weight excluding hydrogens is 198 g/mol. The quantitative estimate of drug-likeness (QED) is 0.622. The molecule has 0 unspecified atom stereocenters. The number of ether oxygens (including phenoxy) is 1. The zero-order chi connectivity index (χ0) is 10.7. The lowest BCUT2D eigenvalue weighted by atomic mass is 10.2. The summed E-state index contributed by atoms with van der Waals surface area (Å²) in [6.45, 7) is 4.00. The summed E-state index contributed by atoms with van der Waals surface area (Å²) in [7, 11) is 0. The third-order valence-electron chi connectivity index (χ3n) is 2.38. The maximum atomic E-state index is 11.8. The van der Waals surface area contributed by atoms with Crippen LogP contribution >= 0.6 is 0 Å². The van der Waals surface area contributed by atoms with Crippen molar-refractivity contribution in [3.8, 4) is 0 Å². The Morgan fingerprint density at radius 1 is 1.67 bits per heavy atom. The number of morpholine rings is 1. The molecule has 1 atom stereocenters. The lowest BCUT2D eigenvalue weighted by Gasteiger charge is -2.33. The molecule has 15 heavy (non-hydrogen) atoms. The third kappa shape index (κ3) is 2.30. The fraction of sp³-hybridized carbons (Fsp3) is 0.750. The van der Waals surface area contributed by atoms with Gasteiger partial charge >= 0.3 is 0 Å². The highest BCUT2D eigenvalue weighted by molar-refractivity contribution is 5.76. The highest BCUT2D eigenvalue weighted by Gasteiger charge is 2.23. The van der Waals surface area contributed by atoms with Crippen molar-refractivity contribution in [1.29, 1.82) is 0 Å². The van der Waals surface area contributed by atoms with Gasteiger partial charge in [-0.2, -0.15) is 0 Å². The second-order valence-corrected chi connectivity index (χ2v) is 3.52. The second-order valence-electron chi connectivity index (χ2n) is 3.52. The second kappa shape index (κ2) is 4.35. The van der Waals surface area contributed by atoms with Crippen molar-refractivity contribution in [2.24, 2.45) is 0 Å². The van der Waals surface area contributed by atoms with Crippen LogP contribution in [0.15, 0.2) is 6.33 Å². The molecule has 0 radical (unpaired) electrons. The van der Waals surface area contributed by atoms with Gasteiger partial charge in [-0.3, -0.25) is 4.79 Å². The molecule has 1 saturated heterocycles. The van der Waals surface area contributed by atoms with E-state index in [0.717, 1.165) is 0 Å². The highest BCUT2D eigenvalue weighted by atomic mass is 16.5. The lowest BCUT2D eigenvalue weighted by Crippen LogP contribution is -2.48. The fourth-order valence-electron chi connectivity index (χ4n) is 1.58. The Labute approximate surface area is 87.0 Å². The molecule has 0 spiro atoms. The van der Waals surface area contributed by atoms with E-state index in [0.29, 0.717) is 19.8 Å². The van der Waals surface area contributed by atoms with Crippen LogP contribution in [0.3, 0.4) is 0 Å². The van der Waals surface area contributed by atoms with Gasteiger partial charge in [-0.1, -0.05) is 0 Å².